The van der Waals surface area contributed by atoms with E-state index in [-0.39, 0.29) is 12.0 Å². The van der Waals surface area contributed by atoms with Crippen LogP contribution in [-0.4, -0.2) is 46.7 Å². The Kier molecular flexibility index (Phi) is 6.88. The van der Waals surface area contributed by atoms with Crippen molar-refractivity contribution < 1.29 is 9.53 Å². The summed E-state index contributed by atoms with van der Waals surface area (Å²) in [6, 6.07) is -0.318. The molecule has 1 rings (SSSR count). The summed E-state index contributed by atoms with van der Waals surface area (Å²) in [5.41, 5.74) is 1.01. The van der Waals surface area contributed by atoms with Crippen LogP contribution in [0, 0.1) is 5.92 Å². The molecule has 111 valence electrons. The molecule has 4 heteroatoms. The van der Waals surface area contributed by atoms with Gasteiger partial charge in [0.25, 0.3) is 0 Å². The van der Waals surface area contributed by atoms with Gasteiger partial charge in [0.2, 0.25) is 0 Å². The molecule has 0 bridgehead atoms. The third-order valence-corrected chi connectivity index (χ3v) is 3.93. The predicted molar refractivity (Wildman–Crippen MR) is 84.2 cm³/mol. The third kappa shape index (κ3) is 6.06. The molecule has 1 aliphatic carbocycles. The van der Waals surface area contributed by atoms with E-state index in [0.717, 1.165) is 54.7 Å². The summed E-state index contributed by atoms with van der Waals surface area (Å²) in [7, 11) is 0. The van der Waals surface area contributed by atoms with Gasteiger partial charge in [0.05, 0.1) is 0 Å². The molecular formula is C16H26NO2Pb. The Bertz CT molecular complexity index is 403. The molecule has 2 atom stereocenters. The van der Waals surface area contributed by atoms with E-state index in [2.05, 4.69) is 18.0 Å². The van der Waals surface area contributed by atoms with E-state index < -0.39 is 5.60 Å². The minimum absolute atomic E-state index is 0.157. The van der Waals surface area contributed by atoms with Crippen LogP contribution in [0.25, 0.3) is 0 Å². The molecule has 1 aliphatic rings. The van der Waals surface area contributed by atoms with E-state index in [1.807, 2.05) is 27.7 Å². The summed E-state index contributed by atoms with van der Waals surface area (Å²) in [6.45, 7) is 9.83. The zero-order valence-electron chi connectivity index (χ0n) is 13.3. The molecule has 3 nitrogen and oxygen atoms in total. The number of carbonyl (C=O) groups excluding carboxylic acids is 1. The molecule has 0 saturated heterocycles. The number of nitrogens with zero attached hydrogens (tertiary/aromatic N) is 1. The van der Waals surface area contributed by atoms with Crippen molar-refractivity contribution in [3.8, 4) is 0 Å². The summed E-state index contributed by atoms with van der Waals surface area (Å²) in [6.07, 6.45) is 6.56. The van der Waals surface area contributed by atoms with E-state index in [1.165, 1.54) is 5.57 Å². The molecule has 0 N–H and O–H groups in total. The molecule has 0 aromatic carbocycles. The zero-order valence-corrected chi connectivity index (χ0v) is 17.2. The van der Waals surface area contributed by atoms with Crippen molar-refractivity contribution in [3.63, 3.8) is 0 Å². The molecule has 1 fully saturated rings. The second kappa shape index (κ2) is 7.71. The van der Waals surface area contributed by atoms with Crippen LogP contribution in [0.2, 0.25) is 0 Å². The topological polar surface area (TPSA) is 38.7 Å². The molecule has 0 aliphatic heterocycles. The van der Waals surface area contributed by atoms with Crippen molar-refractivity contribution in [3.05, 3.63) is 11.6 Å². The quantitative estimate of drug-likeness (QED) is 0.274. The van der Waals surface area contributed by atoms with E-state index in [4.69, 9.17) is 4.74 Å². The van der Waals surface area contributed by atoms with Gasteiger partial charge in [-0.1, -0.05) is 0 Å². The second-order valence-electron chi connectivity index (χ2n) is 6.50. The molecule has 1 saturated carbocycles. The first kappa shape index (κ1) is 17.9. The van der Waals surface area contributed by atoms with Crippen molar-refractivity contribution in [2.45, 2.75) is 71.9 Å². The number of rotatable bonds is 3. The average molecular weight is 472 g/mol. The number of aliphatic imine (C=N–C) groups is 1. The number of ether oxygens (including phenoxy) is 1. The molecule has 2 unspecified atom stereocenters. The number of allylic oxidation sites excluding steroid dienone is 2. The van der Waals surface area contributed by atoms with Crippen molar-refractivity contribution >= 4 is 35.0 Å². The number of hydrogen-bond acceptors (Lipinski definition) is 3. The summed E-state index contributed by atoms with van der Waals surface area (Å²) >= 11 is 0.898. The molecule has 0 aromatic rings. The molecule has 20 heavy (non-hydrogen) atoms. The van der Waals surface area contributed by atoms with Crippen molar-refractivity contribution in [2.75, 3.05) is 0 Å². The van der Waals surface area contributed by atoms with Gasteiger partial charge in [-0.05, 0) is 0 Å². The number of hydrogen-bond donors (Lipinski definition) is 0. The average Bonchev–Trinajstić information content (AvgIpc) is 2.33. The standard InChI is InChI=1S/C16H26NO2.Pb/c1-6-12-9-8-10-13(11-12)14(17-7-2)15(18)19-16(3,4)5;/h6,13-14H,8-11H2,1-5H3;/b12-6-,17-7?;. The van der Waals surface area contributed by atoms with Gasteiger partial charge < -0.3 is 0 Å². The van der Waals surface area contributed by atoms with Crippen LogP contribution in [0.5, 0.6) is 0 Å². The molecule has 3 radical (unpaired) electrons. The molecule has 0 spiro atoms. The van der Waals surface area contributed by atoms with E-state index >= 15 is 0 Å². The summed E-state index contributed by atoms with van der Waals surface area (Å²) < 4.78 is 6.65. The van der Waals surface area contributed by atoms with Crippen LogP contribution in [0.1, 0.15) is 60.3 Å². The van der Waals surface area contributed by atoms with Crippen LogP contribution in [0.4, 0.5) is 0 Å². The van der Waals surface area contributed by atoms with Gasteiger partial charge in [-0.25, -0.2) is 0 Å². The SMILES string of the molecule is C/C=C1/CCCC(C(N=[C](C)[Pb])C(=O)OC(C)(C)C)C1. The first-order chi connectivity index (χ1) is 9.23. The van der Waals surface area contributed by atoms with Gasteiger partial charge in [0.15, 0.2) is 0 Å². The van der Waals surface area contributed by atoms with Gasteiger partial charge >= 0.3 is 139 Å². The summed E-state index contributed by atoms with van der Waals surface area (Å²) in [5, 5.41) is 0. The normalized spacial score (nSPS) is 24.6. The maximum absolute atomic E-state index is 12.5. The summed E-state index contributed by atoms with van der Waals surface area (Å²) in [5.74, 6) is 0.142. The Morgan fingerprint density at radius 2 is 2.15 bits per heavy atom. The van der Waals surface area contributed by atoms with Crippen LogP contribution >= 0.6 is 0 Å². The van der Waals surface area contributed by atoms with Crippen LogP contribution in [-0.2, 0) is 9.53 Å². The number of esters is 1. The predicted octanol–water partition coefficient (Wildman–Crippen LogP) is 3.42. The van der Waals surface area contributed by atoms with Crippen molar-refractivity contribution in [2.24, 2.45) is 10.9 Å². The first-order valence-electron chi connectivity index (χ1n) is 7.36. The van der Waals surface area contributed by atoms with Gasteiger partial charge in [0.1, 0.15) is 0 Å². The second-order valence-corrected chi connectivity index (χ2v) is 9.31. The van der Waals surface area contributed by atoms with Gasteiger partial charge in [-0.3, -0.25) is 0 Å². The first-order valence-corrected chi connectivity index (χ1v) is 9.30. The van der Waals surface area contributed by atoms with Gasteiger partial charge in [0, 0.05) is 0 Å². The Balaban J connectivity index is 2.89. The molecule has 0 aromatic heterocycles. The van der Waals surface area contributed by atoms with Gasteiger partial charge in [-0.15, -0.1) is 0 Å². The fourth-order valence-electron chi connectivity index (χ4n) is 2.59. The Morgan fingerprint density at radius 3 is 2.65 bits per heavy atom. The summed E-state index contributed by atoms with van der Waals surface area (Å²) in [4.78, 5) is 17.1. The van der Waals surface area contributed by atoms with E-state index in [0.29, 0.717) is 5.92 Å². The molecular weight excluding hydrogens is 445 g/mol. The Labute approximate surface area is 138 Å². The molecule has 0 heterocycles. The monoisotopic (exact) mass is 472 g/mol. The fourth-order valence-corrected chi connectivity index (χ4v) is 3.13. The third-order valence-electron chi connectivity index (χ3n) is 3.43. The van der Waals surface area contributed by atoms with Crippen LogP contribution in [0.15, 0.2) is 16.6 Å². The van der Waals surface area contributed by atoms with E-state index in [1.54, 1.807) is 0 Å². The van der Waals surface area contributed by atoms with Crippen molar-refractivity contribution in [1.29, 1.82) is 0 Å². The van der Waals surface area contributed by atoms with Crippen LogP contribution in [0.3, 0.4) is 0 Å². The molecule has 0 amide bonds. The Hall–Kier alpha value is -0.198. The van der Waals surface area contributed by atoms with Crippen molar-refractivity contribution in [1.82, 2.24) is 0 Å². The van der Waals surface area contributed by atoms with E-state index in [9.17, 15) is 4.79 Å². The maximum atomic E-state index is 12.5. The number of carbonyl (C=O) groups is 1. The van der Waals surface area contributed by atoms with Gasteiger partial charge in [-0.2, -0.15) is 0 Å². The Morgan fingerprint density at radius 1 is 1.50 bits per heavy atom. The zero-order chi connectivity index (χ0) is 15.3. The minimum atomic E-state index is -0.442. The van der Waals surface area contributed by atoms with Crippen LogP contribution < -0.4 is 0 Å². The fraction of sp³-hybridized carbons (Fsp3) is 0.750.